The van der Waals surface area contributed by atoms with Crippen LogP contribution in [0.25, 0.3) is 0 Å². The summed E-state index contributed by atoms with van der Waals surface area (Å²) in [5, 5.41) is 5.72. The van der Waals surface area contributed by atoms with Crippen LogP contribution in [-0.2, 0) is 4.74 Å². The zero-order valence-corrected chi connectivity index (χ0v) is 12.1. The molecule has 1 unspecified atom stereocenters. The molecule has 0 aliphatic rings. The van der Waals surface area contributed by atoms with Crippen molar-refractivity contribution in [2.24, 2.45) is 5.18 Å². The first-order chi connectivity index (χ1) is 9.42. The second kappa shape index (κ2) is 7.57. The van der Waals surface area contributed by atoms with E-state index in [1.807, 2.05) is 6.07 Å². The van der Waals surface area contributed by atoms with Crippen molar-refractivity contribution in [3.8, 4) is 0 Å². The lowest BCUT2D eigenvalue weighted by atomic mass is 10.1. The topological polar surface area (TPSA) is 80.6 Å². The molecule has 1 amide bonds. The molecule has 110 valence electrons. The summed E-state index contributed by atoms with van der Waals surface area (Å²) >= 11 is 0. The normalized spacial score (nSPS) is 12.6. The molecule has 0 aliphatic carbocycles. The molecular weight excluding hydrogens is 258 g/mol. The van der Waals surface area contributed by atoms with E-state index in [9.17, 15) is 9.70 Å². The molecule has 0 radical (unpaired) electrons. The van der Waals surface area contributed by atoms with Crippen LogP contribution in [0.4, 0.5) is 4.79 Å². The zero-order valence-electron chi connectivity index (χ0n) is 12.1. The van der Waals surface area contributed by atoms with E-state index in [2.05, 4.69) is 15.5 Å². The monoisotopic (exact) mass is 279 g/mol. The number of amides is 1. The molecule has 1 aromatic heterocycles. The Hall–Kier alpha value is -1.98. The van der Waals surface area contributed by atoms with Gasteiger partial charge in [-0.2, -0.15) is 4.91 Å². The molecular formula is C14H21N3O3. The highest BCUT2D eigenvalue weighted by Gasteiger charge is 2.16. The minimum atomic E-state index is -0.509. The number of aromatic nitrogens is 1. The molecule has 1 aromatic rings. The van der Waals surface area contributed by atoms with Crippen molar-refractivity contribution in [3.63, 3.8) is 0 Å². The highest BCUT2D eigenvalue weighted by molar-refractivity contribution is 5.67. The van der Waals surface area contributed by atoms with Crippen LogP contribution in [0.2, 0.25) is 0 Å². The number of rotatable bonds is 6. The van der Waals surface area contributed by atoms with E-state index in [-0.39, 0.29) is 0 Å². The standard InChI is InChI=1S/C14H21N3O3/c1-14(2,3)20-13(18)16-10-6-8-12(17-19)11-7-4-5-9-15-11/h4-5,7,9,12H,6,8,10H2,1-3H3,(H,16,18). The van der Waals surface area contributed by atoms with Crippen LogP contribution in [0.5, 0.6) is 0 Å². The summed E-state index contributed by atoms with van der Waals surface area (Å²) < 4.78 is 5.11. The molecule has 0 saturated carbocycles. The van der Waals surface area contributed by atoms with E-state index in [4.69, 9.17) is 4.74 Å². The van der Waals surface area contributed by atoms with Gasteiger partial charge in [-0.1, -0.05) is 11.2 Å². The van der Waals surface area contributed by atoms with Crippen molar-refractivity contribution >= 4 is 6.09 Å². The van der Waals surface area contributed by atoms with Crippen molar-refractivity contribution in [3.05, 3.63) is 35.0 Å². The van der Waals surface area contributed by atoms with Crippen LogP contribution >= 0.6 is 0 Å². The summed E-state index contributed by atoms with van der Waals surface area (Å²) in [6, 6.07) is 4.90. The lowest BCUT2D eigenvalue weighted by Gasteiger charge is -2.19. The van der Waals surface area contributed by atoms with Crippen LogP contribution in [0.15, 0.2) is 29.6 Å². The van der Waals surface area contributed by atoms with Crippen molar-refractivity contribution in [2.45, 2.75) is 45.3 Å². The van der Waals surface area contributed by atoms with Crippen molar-refractivity contribution in [1.82, 2.24) is 10.3 Å². The predicted octanol–water partition coefficient (Wildman–Crippen LogP) is 3.19. The number of nitrogens with one attached hydrogen (secondary N) is 1. The summed E-state index contributed by atoms with van der Waals surface area (Å²) in [5.41, 5.74) is 0.144. The molecule has 1 N–H and O–H groups in total. The van der Waals surface area contributed by atoms with Crippen LogP contribution in [0.1, 0.15) is 45.3 Å². The molecule has 0 spiro atoms. The third kappa shape index (κ3) is 6.26. The molecule has 1 rings (SSSR count). The highest BCUT2D eigenvalue weighted by Crippen LogP contribution is 2.19. The average Bonchev–Trinajstić information content (AvgIpc) is 2.38. The predicted molar refractivity (Wildman–Crippen MR) is 76.2 cm³/mol. The number of ether oxygens (including phenoxy) is 1. The van der Waals surface area contributed by atoms with Gasteiger partial charge in [-0.3, -0.25) is 4.98 Å². The van der Waals surface area contributed by atoms with Gasteiger partial charge in [0.25, 0.3) is 0 Å². The first-order valence-corrected chi connectivity index (χ1v) is 6.62. The number of carbonyl (C=O) groups is 1. The maximum absolute atomic E-state index is 11.4. The summed E-state index contributed by atoms with van der Waals surface area (Å²) in [6.07, 6.45) is 2.35. The molecule has 0 saturated heterocycles. The SMILES string of the molecule is CC(C)(C)OC(=O)NCCCC(N=O)c1ccccn1. The van der Waals surface area contributed by atoms with E-state index in [0.29, 0.717) is 25.1 Å². The Labute approximate surface area is 118 Å². The van der Waals surface area contributed by atoms with Gasteiger partial charge in [0.05, 0.1) is 5.69 Å². The fourth-order valence-electron chi connectivity index (χ4n) is 1.63. The summed E-state index contributed by atoms with van der Waals surface area (Å²) in [5.74, 6) is 0. The van der Waals surface area contributed by atoms with Gasteiger partial charge in [-0.25, -0.2) is 4.79 Å². The van der Waals surface area contributed by atoms with Gasteiger partial charge in [0.1, 0.15) is 11.6 Å². The third-order valence-corrected chi connectivity index (χ3v) is 2.48. The molecule has 1 heterocycles. The Morgan fingerprint density at radius 3 is 2.75 bits per heavy atom. The Morgan fingerprint density at radius 1 is 1.45 bits per heavy atom. The average molecular weight is 279 g/mol. The fourth-order valence-corrected chi connectivity index (χ4v) is 1.63. The van der Waals surface area contributed by atoms with E-state index >= 15 is 0 Å². The molecule has 1 atom stereocenters. The van der Waals surface area contributed by atoms with Crippen molar-refractivity contribution in [1.29, 1.82) is 0 Å². The molecule has 0 aliphatic heterocycles. The minimum Gasteiger partial charge on any atom is -0.444 e. The summed E-state index contributed by atoms with van der Waals surface area (Å²) in [6.45, 7) is 5.85. The van der Waals surface area contributed by atoms with E-state index < -0.39 is 17.7 Å². The second-order valence-corrected chi connectivity index (χ2v) is 5.45. The Bertz CT molecular complexity index is 429. The first-order valence-electron chi connectivity index (χ1n) is 6.62. The number of carbonyl (C=O) groups excluding carboxylic acids is 1. The van der Waals surface area contributed by atoms with Crippen molar-refractivity contribution in [2.75, 3.05) is 6.54 Å². The number of nitrogens with zero attached hydrogens (tertiary/aromatic N) is 2. The van der Waals surface area contributed by atoms with Gasteiger partial charge in [0, 0.05) is 12.7 Å². The molecule has 6 heteroatoms. The third-order valence-electron chi connectivity index (χ3n) is 2.48. The van der Waals surface area contributed by atoms with Crippen LogP contribution < -0.4 is 5.32 Å². The minimum absolute atomic E-state index is 0.438. The number of alkyl carbamates (subject to hydrolysis) is 1. The summed E-state index contributed by atoms with van der Waals surface area (Å²) in [4.78, 5) is 26.3. The van der Waals surface area contributed by atoms with Gasteiger partial charge in [-0.05, 0) is 45.7 Å². The van der Waals surface area contributed by atoms with E-state index in [0.717, 1.165) is 0 Å². The maximum Gasteiger partial charge on any atom is 0.407 e. The zero-order chi connectivity index (χ0) is 15.0. The van der Waals surface area contributed by atoms with Gasteiger partial charge < -0.3 is 10.1 Å². The Kier molecular flexibility index (Phi) is 6.09. The highest BCUT2D eigenvalue weighted by atomic mass is 16.6. The lowest BCUT2D eigenvalue weighted by Crippen LogP contribution is -2.33. The quantitative estimate of drug-likeness (QED) is 0.640. The van der Waals surface area contributed by atoms with E-state index in [1.165, 1.54) is 0 Å². The molecule has 6 nitrogen and oxygen atoms in total. The van der Waals surface area contributed by atoms with Gasteiger partial charge >= 0.3 is 6.09 Å². The molecule has 20 heavy (non-hydrogen) atoms. The summed E-state index contributed by atoms with van der Waals surface area (Å²) in [7, 11) is 0. The van der Waals surface area contributed by atoms with Gasteiger partial charge in [0.15, 0.2) is 0 Å². The van der Waals surface area contributed by atoms with Gasteiger partial charge in [-0.15, -0.1) is 0 Å². The molecule has 0 fully saturated rings. The van der Waals surface area contributed by atoms with Crippen LogP contribution in [0, 0.1) is 4.91 Å². The van der Waals surface area contributed by atoms with E-state index in [1.54, 1.807) is 39.1 Å². The Balaban J connectivity index is 2.29. The fraction of sp³-hybridized carbons (Fsp3) is 0.571. The number of pyridine rings is 1. The molecule has 0 aromatic carbocycles. The largest absolute Gasteiger partial charge is 0.444 e. The number of hydrogen-bond donors (Lipinski definition) is 1. The first kappa shape index (κ1) is 16.1. The lowest BCUT2D eigenvalue weighted by molar-refractivity contribution is 0.0527. The second-order valence-electron chi connectivity index (χ2n) is 5.45. The maximum atomic E-state index is 11.4. The number of hydrogen-bond acceptors (Lipinski definition) is 5. The van der Waals surface area contributed by atoms with Crippen LogP contribution in [0.3, 0.4) is 0 Å². The number of nitroso groups, excluding NO2 is 1. The van der Waals surface area contributed by atoms with Crippen LogP contribution in [-0.4, -0.2) is 23.2 Å². The smallest absolute Gasteiger partial charge is 0.407 e. The van der Waals surface area contributed by atoms with Crippen molar-refractivity contribution < 1.29 is 9.53 Å². The molecule has 0 bridgehead atoms. The Morgan fingerprint density at radius 2 is 2.20 bits per heavy atom. The van der Waals surface area contributed by atoms with Gasteiger partial charge in [0.2, 0.25) is 0 Å².